The fourth-order valence-corrected chi connectivity index (χ4v) is 2.41. The summed E-state index contributed by atoms with van der Waals surface area (Å²) in [5.74, 6) is 0. The highest BCUT2D eigenvalue weighted by atomic mass is 32.1. The van der Waals surface area contributed by atoms with Crippen molar-refractivity contribution in [1.82, 2.24) is 15.2 Å². The second kappa shape index (κ2) is 4.38. The van der Waals surface area contributed by atoms with Crippen LogP contribution in [0.2, 0.25) is 0 Å². The number of nitrogens with zero attached hydrogens (tertiary/aromatic N) is 2. The van der Waals surface area contributed by atoms with Gasteiger partial charge in [-0.25, -0.2) is 4.98 Å². The van der Waals surface area contributed by atoms with Gasteiger partial charge in [0, 0.05) is 37.6 Å². The number of aryl methyl sites for hydroxylation is 1. The van der Waals surface area contributed by atoms with E-state index in [4.69, 9.17) is 0 Å². The number of nitrogens with one attached hydrogen (secondary N) is 1. The Bertz CT molecular complexity index is 297. The van der Waals surface area contributed by atoms with Gasteiger partial charge in [0.15, 0.2) is 0 Å². The third-order valence-corrected chi connectivity index (χ3v) is 3.49. The van der Waals surface area contributed by atoms with Crippen LogP contribution in [0.3, 0.4) is 0 Å². The molecule has 1 N–H and O–H groups in total. The highest BCUT2D eigenvalue weighted by Gasteiger charge is 2.18. The minimum atomic E-state index is 0.630. The highest BCUT2D eigenvalue weighted by Crippen LogP contribution is 2.12. The van der Waals surface area contributed by atoms with E-state index in [0.29, 0.717) is 6.04 Å². The monoisotopic (exact) mass is 211 g/mol. The zero-order valence-corrected chi connectivity index (χ0v) is 9.60. The Hall–Kier alpha value is -0.450. The molecule has 3 nitrogen and oxygen atoms in total. The van der Waals surface area contributed by atoms with E-state index in [1.807, 2.05) is 0 Å². The number of hydrogen-bond donors (Lipinski definition) is 1. The van der Waals surface area contributed by atoms with Gasteiger partial charge in [-0.1, -0.05) is 0 Å². The first-order chi connectivity index (χ1) is 6.75. The molecule has 0 aromatic carbocycles. The molecule has 0 saturated carbocycles. The molecule has 0 radical (unpaired) electrons. The van der Waals surface area contributed by atoms with Crippen molar-refractivity contribution < 1.29 is 0 Å². The van der Waals surface area contributed by atoms with Crippen LogP contribution >= 0.6 is 11.3 Å². The van der Waals surface area contributed by atoms with Crippen LogP contribution in [0, 0.1) is 6.92 Å². The van der Waals surface area contributed by atoms with Crippen molar-refractivity contribution in [2.75, 3.05) is 19.6 Å². The van der Waals surface area contributed by atoms with Gasteiger partial charge in [0.1, 0.15) is 0 Å². The fraction of sp³-hybridized carbons (Fsp3) is 0.700. The van der Waals surface area contributed by atoms with Crippen LogP contribution in [-0.2, 0) is 6.54 Å². The first kappa shape index (κ1) is 10.1. The summed E-state index contributed by atoms with van der Waals surface area (Å²) in [7, 11) is 0. The topological polar surface area (TPSA) is 28.2 Å². The minimum absolute atomic E-state index is 0.630. The molecule has 14 heavy (non-hydrogen) atoms. The van der Waals surface area contributed by atoms with E-state index in [1.54, 1.807) is 11.3 Å². The molecule has 1 unspecified atom stereocenters. The average Bonchev–Trinajstić information content (AvgIpc) is 2.56. The first-order valence-corrected chi connectivity index (χ1v) is 5.99. The van der Waals surface area contributed by atoms with Crippen molar-refractivity contribution in [3.05, 3.63) is 16.1 Å². The maximum atomic E-state index is 4.50. The van der Waals surface area contributed by atoms with Crippen molar-refractivity contribution in [2.45, 2.75) is 26.4 Å². The van der Waals surface area contributed by atoms with E-state index < -0.39 is 0 Å². The summed E-state index contributed by atoms with van der Waals surface area (Å²) in [5, 5.41) is 6.74. The second-order valence-corrected chi connectivity index (χ2v) is 4.94. The third kappa shape index (κ3) is 2.32. The number of piperazine rings is 1. The number of rotatable bonds is 2. The molecule has 1 fully saturated rings. The maximum Gasteiger partial charge on any atom is 0.0897 e. The SMILES string of the molecule is Cc1nc(CN2CCNCC2C)cs1. The Morgan fingerprint density at radius 3 is 3.21 bits per heavy atom. The van der Waals surface area contributed by atoms with Crippen LogP contribution in [-0.4, -0.2) is 35.6 Å². The molecule has 0 bridgehead atoms. The van der Waals surface area contributed by atoms with Crippen molar-refractivity contribution >= 4 is 11.3 Å². The fourth-order valence-electron chi connectivity index (χ4n) is 1.81. The van der Waals surface area contributed by atoms with Crippen LogP contribution in [0.4, 0.5) is 0 Å². The summed E-state index contributed by atoms with van der Waals surface area (Å²) in [6.45, 7) is 8.68. The Morgan fingerprint density at radius 1 is 1.71 bits per heavy atom. The average molecular weight is 211 g/mol. The molecule has 0 spiro atoms. The summed E-state index contributed by atoms with van der Waals surface area (Å²) in [6, 6.07) is 0.630. The third-order valence-electron chi connectivity index (χ3n) is 2.67. The molecule has 0 aliphatic carbocycles. The second-order valence-electron chi connectivity index (χ2n) is 3.88. The van der Waals surface area contributed by atoms with E-state index in [9.17, 15) is 0 Å². The van der Waals surface area contributed by atoms with Crippen molar-refractivity contribution in [3.63, 3.8) is 0 Å². The van der Waals surface area contributed by atoms with Crippen LogP contribution in [0.1, 0.15) is 17.6 Å². The zero-order valence-electron chi connectivity index (χ0n) is 8.79. The lowest BCUT2D eigenvalue weighted by Gasteiger charge is -2.33. The normalized spacial score (nSPS) is 24.0. The smallest absolute Gasteiger partial charge is 0.0897 e. The van der Waals surface area contributed by atoms with Gasteiger partial charge >= 0.3 is 0 Å². The first-order valence-electron chi connectivity index (χ1n) is 5.11. The molecule has 2 heterocycles. The number of thiazole rings is 1. The minimum Gasteiger partial charge on any atom is -0.314 e. The van der Waals surface area contributed by atoms with Gasteiger partial charge in [-0.05, 0) is 13.8 Å². The summed E-state index contributed by atoms with van der Waals surface area (Å²) in [5.41, 5.74) is 1.22. The standard InChI is InChI=1S/C10H17N3S/c1-8-5-11-3-4-13(8)6-10-7-14-9(2)12-10/h7-8,11H,3-6H2,1-2H3. The highest BCUT2D eigenvalue weighted by molar-refractivity contribution is 7.09. The molecule has 1 saturated heterocycles. The number of aromatic nitrogens is 1. The van der Waals surface area contributed by atoms with Crippen molar-refractivity contribution in [1.29, 1.82) is 0 Å². The molecule has 2 rings (SSSR count). The van der Waals surface area contributed by atoms with Crippen LogP contribution in [0.15, 0.2) is 5.38 Å². The molecule has 1 aliphatic heterocycles. The van der Waals surface area contributed by atoms with Gasteiger partial charge in [0.25, 0.3) is 0 Å². The molecule has 0 amide bonds. The van der Waals surface area contributed by atoms with E-state index >= 15 is 0 Å². The van der Waals surface area contributed by atoms with Crippen molar-refractivity contribution in [3.8, 4) is 0 Å². The number of hydrogen-bond acceptors (Lipinski definition) is 4. The Morgan fingerprint density at radius 2 is 2.57 bits per heavy atom. The van der Waals surface area contributed by atoms with E-state index in [2.05, 4.69) is 34.4 Å². The predicted molar refractivity (Wildman–Crippen MR) is 59.6 cm³/mol. The van der Waals surface area contributed by atoms with Gasteiger partial charge in [-0.3, -0.25) is 4.90 Å². The van der Waals surface area contributed by atoms with Crippen molar-refractivity contribution in [2.24, 2.45) is 0 Å². The van der Waals surface area contributed by atoms with Crippen LogP contribution in [0.5, 0.6) is 0 Å². The Labute approximate surface area is 89.1 Å². The van der Waals surface area contributed by atoms with E-state index in [1.165, 1.54) is 10.7 Å². The Kier molecular flexibility index (Phi) is 3.15. The van der Waals surface area contributed by atoms with Gasteiger partial charge in [-0.15, -0.1) is 11.3 Å². The summed E-state index contributed by atoms with van der Waals surface area (Å²) in [4.78, 5) is 6.99. The zero-order chi connectivity index (χ0) is 9.97. The van der Waals surface area contributed by atoms with Gasteiger partial charge in [-0.2, -0.15) is 0 Å². The molecule has 4 heteroatoms. The lowest BCUT2D eigenvalue weighted by Crippen LogP contribution is -2.49. The van der Waals surface area contributed by atoms with E-state index in [-0.39, 0.29) is 0 Å². The molecule has 1 aromatic rings. The molecule has 1 aliphatic rings. The van der Waals surface area contributed by atoms with Gasteiger partial charge in [0.05, 0.1) is 10.7 Å². The molecular formula is C10H17N3S. The predicted octanol–water partition coefficient (Wildman–Crippen LogP) is 1.25. The van der Waals surface area contributed by atoms with E-state index in [0.717, 1.165) is 26.2 Å². The van der Waals surface area contributed by atoms with Crippen LogP contribution in [0.25, 0.3) is 0 Å². The molecule has 1 aromatic heterocycles. The summed E-state index contributed by atoms with van der Waals surface area (Å²) < 4.78 is 0. The van der Waals surface area contributed by atoms with Gasteiger partial charge < -0.3 is 5.32 Å². The van der Waals surface area contributed by atoms with Crippen LogP contribution < -0.4 is 5.32 Å². The summed E-state index contributed by atoms with van der Waals surface area (Å²) >= 11 is 1.74. The quantitative estimate of drug-likeness (QED) is 0.798. The molecular weight excluding hydrogens is 194 g/mol. The lowest BCUT2D eigenvalue weighted by atomic mass is 10.2. The molecule has 78 valence electrons. The van der Waals surface area contributed by atoms with Gasteiger partial charge in [0.2, 0.25) is 0 Å². The molecule has 1 atom stereocenters. The Balaban J connectivity index is 1.95. The summed E-state index contributed by atoms with van der Waals surface area (Å²) in [6.07, 6.45) is 0. The maximum absolute atomic E-state index is 4.50. The largest absolute Gasteiger partial charge is 0.314 e. The lowest BCUT2D eigenvalue weighted by molar-refractivity contribution is 0.164.